The lowest BCUT2D eigenvalue weighted by atomic mass is 9.83. The van der Waals surface area contributed by atoms with Crippen molar-refractivity contribution in [2.24, 2.45) is 11.8 Å². The third kappa shape index (κ3) is 5.45. The van der Waals surface area contributed by atoms with Crippen molar-refractivity contribution >= 4 is 22.1 Å². The Balaban J connectivity index is 2.34. The Labute approximate surface area is 168 Å². The van der Waals surface area contributed by atoms with Crippen LogP contribution in [0.15, 0.2) is 0 Å². The van der Waals surface area contributed by atoms with Crippen molar-refractivity contribution in [3.63, 3.8) is 0 Å². The van der Waals surface area contributed by atoms with E-state index in [0.29, 0.717) is 13.0 Å². The van der Waals surface area contributed by atoms with Crippen LogP contribution < -0.4 is 0 Å². The number of rotatable bonds is 4. The number of ether oxygens (including phenoxy) is 2. The van der Waals surface area contributed by atoms with Crippen LogP contribution in [0.2, 0.25) is 0 Å². The quantitative estimate of drug-likeness (QED) is 0.646. The van der Waals surface area contributed by atoms with Crippen LogP contribution in [-0.4, -0.2) is 61.0 Å². The van der Waals surface area contributed by atoms with Gasteiger partial charge in [-0.05, 0) is 61.3 Å². The molecular formula is C19H33NO7S. The molecule has 0 aliphatic carbocycles. The molecule has 0 aromatic carbocycles. The van der Waals surface area contributed by atoms with Gasteiger partial charge in [-0.25, -0.2) is 9.69 Å². The Hall–Kier alpha value is -1.19. The van der Waals surface area contributed by atoms with Gasteiger partial charge in [0.2, 0.25) is 5.91 Å². The number of carbonyl (C=O) groups excluding carboxylic acids is 2. The Morgan fingerprint density at radius 1 is 1.21 bits per heavy atom. The van der Waals surface area contributed by atoms with Gasteiger partial charge in [0.1, 0.15) is 5.60 Å². The summed E-state index contributed by atoms with van der Waals surface area (Å²) >= 11 is 0. The molecule has 0 N–H and O–H groups in total. The molecule has 0 radical (unpaired) electrons. The molecule has 2 unspecified atom stereocenters. The molecule has 28 heavy (non-hydrogen) atoms. The molecule has 2 rings (SSSR count). The smallest absolute Gasteiger partial charge is 0.417 e. The van der Waals surface area contributed by atoms with Gasteiger partial charge >= 0.3 is 6.09 Å². The number of nitrogens with zero attached hydrogens (tertiary/aromatic N) is 1. The molecule has 0 aromatic rings. The average Bonchev–Trinajstić information content (AvgIpc) is 2.90. The maximum Gasteiger partial charge on any atom is 0.417 e. The normalized spacial score (nSPS) is 28.4. The molecule has 2 aliphatic heterocycles. The molecule has 3 atom stereocenters. The monoisotopic (exact) mass is 419 g/mol. The van der Waals surface area contributed by atoms with Crippen LogP contribution >= 0.6 is 0 Å². The second-order valence-corrected chi connectivity index (χ2v) is 11.7. The fourth-order valence-electron chi connectivity index (χ4n) is 4.05. The molecule has 0 bridgehead atoms. The van der Waals surface area contributed by atoms with E-state index >= 15 is 0 Å². The van der Waals surface area contributed by atoms with Crippen LogP contribution in [0.4, 0.5) is 4.79 Å². The van der Waals surface area contributed by atoms with Crippen molar-refractivity contribution in [1.29, 1.82) is 0 Å². The first kappa shape index (κ1) is 23.1. The SMILES string of the molecule is CC(C)(C)OC(=O)N1C(=O)C(C(OS(C)(=O)=O)[C@H]2COC(C)(C)C2)CC1(C)C. The van der Waals surface area contributed by atoms with Crippen LogP contribution in [0.5, 0.6) is 0 Å². The molecule has 2 saturated heterocycles. The molecule has 2 fully saturated rings. The van der Waals surface area contributed by atoms with Crippen molar-refractivity contribution in [1.82, 2.24) is 4.90 Å². The molecule has 162 valence electrons. The van der Waals surface area contributed by atoms with Crippen molar-refractivity contribution in [2.75, 3.05) is 12.9 Å². The topological polar surface area (TPSA) is 99.2 Å². The summed E-state index contributed by atoms with van der Waals surface area (Å²) in [5.74, 6) is -1.52. The fraction of sp³-hybridized carbons (Fsp3) is 0.895. The number of imide groups is 1. The molecule has 0 spiro atoms. The zero-order valence-corrected chi connectivity index (χ0v) is 18.9. The second-order valence-electron chi connectivity index (χ2n) is 10.1. The van der Waals surface area contributed by atoms with Gasteiger partial charge in [0.05, 0.1) is 30.5 Å². The van der Waals surface area contributed by atoms with Gasteiger partial charge in [-0.2, -0.15) is 8.42 Å². The lowest BCUT2D eigenvalue weighted by Crippen LogP contribution is -2.48. The number of hydrogen-bond donors (Lipinski definition) is 0. The number of carbonyl (C=O) groups is 2. The summed E-state index contributed by atoms with van der Waals surface area (Å²) in [7, 11) is -3.81. The van der Waals surface area contributed by atoms with Crippen LogP contribution in [0.1, 0.15) is 61.3 Å². The Bertz CT molecular complexity index is 736. The highest BCUT2D eigenvalue weighted by molar-refractivity contribution is 7.86. The summed E-state index contributed by atoms with van der Waals surface area (Å²) in [4.78, 5) is 27.0. The Morgan fingerprint density at radius 2 is 1.79 bits per heavy atom. The van der Waals surface area contributed by atoms with Crippen LogP contribution in [0.25, 0.3) is 0 Å². The van der Waals surface area contributed by atoms with E-state index in [4.69, 9.17) is 13.7 Å². The van der Waals surface area contributed by atoms with Gasteiger partial charge in [-0.15, -0.1) is 0 Å². The maximum atomic E-state index is 13.2. The van der Waals surface area contributed by atoms with Gasteiger partial charge in [0, 0.05) is 11.5 Å². The first-order valence-electron chi connectivity index (χ1n) is 9.51. The number of likely N-dealkylation sites (tertiary alicyclic amines) is 1. The van der Waals surface area contributed by atoms with Crippen LogP contribution in [0.3, 0.4) is 0 Å². The summed E-state index contributed by atoms with van der Waals surface area (Å²) in [6.45, 7) is 12.8. The van der Waals surface area contributed by atoms with Crippen molar-refractivity contribution in [3.8, 4) is 0 Å². The molecule has 2 amide bonds. The summed E-state index contributed by atoms with van der Waals surface area (Å²) in [5, 5.41) is 0. The fourth-order valence-corrected chi connectivity index (χ4v) is 4.75. The van der Waals surface area contributed by atoms with Crippen LogP contribution in [0, 0.1) is 11.8 Å². The summed E-state index contributed by atoms with van der Waals surface area (Å²) in [6.07, 6.45) is 0.186. The van der Waals surface area contributed by atoms with E-state index in [-0.39, 0.29) is 12.3 Å². The van der Waals surface area contributed by atoms with Gasteiger partial charge in [-0.1, -0.05) is 0 Å². The summed E-state index contributed by atoms with van der Waals surface area (Å²) < 4.78 is 40.3. The summed E-state index contributed by atoms with van der Waals surface area (Å²) in [5.41, 5.74) is -2.00. The predicted octanol–water partition coefficient (Wildman–Crippen LogP) is 2.71. The van der Waals surface area contributed by atoms with Gasteiger partial charge in [0.15, 0.2) is 0 Å². The average molecular weight is 420 g/mol. The van der Waals surface area contributed by atoms with Gasteiger partial charge in [-0.3, -0.25) is 8.98 Å². The molecule has 2 heterocycles. The largest absolute Gasteiger partial charge is 0.443 e. The van der Waals surface area contributed by atoms with Crippen molar-refractivity contribution < 1.29 is 31.7 Å². The highest BCUT2D eigenvalue weighted by Gasteiger charge is 2.55. The van der Waals surface area contributed by atoms with E-state index in [1.54, 1.807) is 34.6 Å². The van der Waals surface area contributed by atoms with E-state index in [1.165, 1.54) is 0 Å². The molecule has 9 heteroatoms. The molecule has 8 nitrogen and oxygen atoms in total. The lowest BCUT2D eigenvalue weighted by Gasteiger charge is -2.31. The number of amides is 2. The van der Waals surface area contributed by atoms with Crippen molar-refractivity contribution in [2.45, 2.75) is 84.2 Å². The Kier molecular flexibility index (Phi) is 5.98. The molecular weight excluding hydrogens is 386 g/mol. The minimum Gasteiger partial charge on any atom is -0.443 e. The van der Waals surface area contributed by atoms with E-state index in [9.17, 15) is 18.0 Å². The Morgan fingerprint density at radius 3 is 2.21 bits per heavy atom. The van der Waals surface area contributed by atoms with E-state index < -0.39 is 50.9 Å². The minimum absolute atomic E-state index is 0.270. The maximum absolute atomic E-state index is 13.2. The molecule has 2 aliphatic rings. The van der Waals surface area contributed by atoms with E-state index in [2.05, 4.69) is 0 Å². The van der Waals surface area contributed by atoms with Gasteiger partial charge in [0.25, 0.3) is 10.1 Å². The van der Waals surface area contributed by atoms with Crippen molar-refractivity contribution in [3.05, 3.63) is 0 Å². The highest BCUT2D eigenvalue weighted by Crippen LogP contribution is 2.43. The van der Waals surface area contributed by atoms with Gasteiger partial charge < -0.3 is 9.47 Å². The van der Waals surface area contributed by atoms with E-state index in [0.717, 1.165) is 11.2 Å². The standard InChI is InChI=1S/C19H33NO7S/c1-17(2,3)26-16(22)20-15(21)13(10-18(20,4)5)14(27-28(8,23)24)12-9-19(6,7)25-11-12/h12-14H,9-11H2,1-8H3/t12-,13?,14?/m1/s1. The summed E-state index contributed by atoms with van der Waals surface area (Å²) in [6, 6.07) is 0. The zero-order valence-electron chi connectivity index (χ0n) is 18.1. The minimum atomic E-state index is -3.81. The zero-order chi connectivity index (χ0) is 21.7. The number of hydrogen-bond acceptors (Lipinski definition) is 7. The lowest BCUT2D eigenvalue weighted by molar-refractivity contribution is -0.135. The molecule has 0 saturated carbocycles. The third-order valence-corrected chi connectivity index (χ3v) is 5.60. The predicted molar refractivity (Wildman–Crippen MR) is 103 cm³/mol. The third-order valence-electron chi connectivity index (χ3n) is 5.03. The first-order chi connectivity index (χ1) is 12.4. The second kappa shape index (κ2) is 7.25. The highest BCUT2D eigenvalue weighted by atomic mass is 32.2. The van der Waals surface area contributed by atoms with E-state index in [1.807, 2.05) is 13.8 Å². The molecule has 0 aromatic heterocycles. The van der Waals surface area contributed by atoms with Crippen LogP contribution in [-0.2, 0) is 28.6 Å². The first-order valence-corrected chi connectivity index (χ1v) is 11.3.